The van der Waals surface area contributed by atoms with Crippen LogP contribution in [0.5, 0.6) is 0 Å². The van der Waals surface area contributed by atoms with Gasteiger partial charge in [-0.25, -0.2) is 0 Å². The molecule has 5 nitrogen and oxygen atoms in total. The van der Waals surface area contributed by atoms with Crippen molar-refractivity contribution in [1.82, 2.24) is 10.2 Å². The molecule has 0 saturated carbocycles. The zero-order chi connectivity index (χ0) is 14.4. The second-order valence-electron chi connectivity index (χ2n) is 4.50. The lowest BCUT2D eigenvalue weighted by molar-refractivity contribution is -0.119. The maximum atomic E-state index is 11.4. The van der Waals surface area contributed by atoms with Crippen LogP contribution in [0.1, 0.15) is 23.4 Å². The van der Waals surface area contributed by atoms with Gasteiger partial charge in [-0.1, -0.05) is 48.6 Å². The molecule has 0 spiro atoms. The first kappa shape index (κ1) is 14.6. The molecule has 0 unspecified atom stereocenters. The molecule has 1 aromatic carbocycles. The lowest BCUT2D eigenvalue weighted by atomic mass is 9.98. The van der Waals surface area contributed by atoms with Gasteiger partial charge in [0, 0.05) is 13.5 Å². The van der Waals surface area contributed by atoms with Crippen LogP contribution in [0.3, 0.4) is 0 Å². The lowest BCUT2D eigenvalue weighted by Gasteiger charge is -2.08. The maximum Gasteiger partial charge on any atom is 0.252 e. The number of ether oxygens (including phenoxy) is 1. The molecular formula is C14H17N3O2S. The first-order valence-electron chi connectivity index (χ1n) is 6.35. The minimum atomic E-state index is -0.216. The van der Waals surface area contributed by atoms with Gasteiger partial charge in [-0.05, 0) is 11.5 Å². The number of nitrogens with one attached hydrogen (secondary N) is 1. The summed E-state index contributed by atoms with van der Waals surface area (Å²) in [7, 11) is 1.48. The number of rotatable bonds is 6. The minimum Gasteiger partial charge on any atom is -0.375 e. The van der Waals surface area contributed by atoms with Crippen molar-refractivity contribution in [2.75, 3.05) is 19.0 Å². The normalized spacial score (nSPS) is 12.1. The molecule has 0 aliphatic rings. The molecule has 0 saturated heterocycles. The number of anilines is 1. The van der Waals surface area contributed by atoms with Crippen LogP contribution in [-0.4, -0.2) is 29.8 Å². The van der Waals surface area contributed by atoms with Crippen LogP contribution in [0.25, 0.3) is 0 Å². The largest absolute Gasteiger partial charge is 0.375 e. The van der Waals surface area contributed by atoms with Crippen LogP contribution < -0.4 is 5.32 Å². The third-order valence-electron chi connectivity index (χ3n) is 2.84. The van der Waals surface area contributed by atoms with Crippen LogP contribution >= 0.6 is 11.3 Å². The summed E-state index contributed by atoms with van der Waals surface area (Å²) < 4.78 is 4.75. The molecule has 0 bridgehead atoms. The SMILES string of the molecule is COCC(=O)Nc1nnc(C[C@H](C)c2ccccc2)s1. The Kier molecular flexibility index (Phi) is 5.20. The number of hydrogen-bond donors (Lipinski definition) is 1. The van der Waals surface area contributed by atoms with E-state index in [0.717, 1.165) is 11.4 Å². The zero-order valence-electron chi connectivity index (χ0n) is 11.5. The fourth-order valence-electron chi connectivity index (χ4n) is 1.83. The van der Waals surface area contributed by atoms with Crippen molar-refractivity contribution in [2.45, 2.75) is 19.3 Å². The van der Waals surface area contributed by atoms with Crippen molar-refractivity contribution >= 4 is 22.4 Å². The predicted octanol–water partition coefficient (Wildman–Crippen LogP) is 2.47. The van der Waals surface area contributed by atoms with Gasteiger partial charge in [0.15, 0.2) is 0 Å². The summed E-state index contributed by atoms with van der Waals surface area (Å²) in [5, 5.41) is 12.2. The molecule has 1 aromatic heterocycles. The van der Waals surface area contributed by atoms with Gasteiger partial charge in [0.05, 0.1) is 0 Å². The van der Waals surface area contributed by atoms with Gasteiger partial charge in [-0.2, -0.15) is 0 Å². The Bertz CT molecular complexity index is 557. The molecule has 0 aliphatic carbocycles. The standard InChI is InChI=1S/C14H17N3O2S/c1-10(11-6-4-3-5-7-11)8-13-16-17-14(20-13)15-12(18)9-19-2/h3-7,10H,8-9H2,1-2H3,(H,15,17,18)/t10-/m0/s1. The highest BCUT2D eigenvalue weighted by Gasteiger charge is 2.12. The Labute approximate surface area is 122 Å². The van der Waals surface area contributed by atoms with Gasteiger partial charge < -0.3 is 4.74 Å². The molecule has 0 radical (unpaired) electrons. The van der Waals surface area contributed by atoms with Gasteiger partial charge >= 0.3 is 0 Å². The Hall–Kier alpha value is -1.79. The first-order chi connectivity index (χ1) is 9.69. The molecule has 2 rings (SSSR count). The Morgan fingerprint density at radius 3 is 2.80 bits per heavy atom. The quantitative estimate of drug-likeness (QED) is 0.888. The Morgan fingerprint density at radius 2 is 2.10 bits per heavy atom. The summed E-state index contributed by atoms with van der Waals surface area (Å²) in [6.07, 6.45) is 0.807. The summed E-state index contributed by atoms with van der Waals surface area (Å²) in [5.74, 6) is 0.151. The minimum absolute atomic E-state index is 0.0231. The number of amides is 1. The van der Waals surface area contributed by atoms with Gasteiger partial charge in [0.25, 0.3) is 5.91 Å². The van der Waals surface area contributed by atoms with Gasteiger partial charge in [0.2, 0.25) is 5.13 Å². The highest BCUT2D eigenvalue weighted by atomic mass is 32.1. The molecule has 1 N–H and O–H groups in total. The topological polar surface area (TPSA) is 64.1 Å². The second-order valence-corrected chi connectivity index (χ2v) is 5.56. The van der Waals surface area contributed by atoms with Crippen LogP contribution in [0.4, 0.5) is 5.13 Å². The summed E-state index contributed by atoms with van der Waals surface area (Å²) >= 11 is 1.40. The van der Waals surface area contributed by atoms with Crippen molar-refractivity contribution in [3.05, 3.63) is 40.9 Å². The molecule has 0 fully saturated rings. The van der Waals surface area contributed by atoms with E-state index in [4.69, 9.17) is 4.74 Å². The third kappa shape index (κ3) is 4.11. The van der Waals surface area contributed by atoms with Gasteiger partial charge in [-0.3, -0.25) is 10.1 Å². The van der Waals surface area contributed by atoms with Crippen LogP contribution in [-0.2, 0) is 16.0 Å². The summed E-state index contributed by atoms with van der Waals surface area (Å²) in [6, 6.07) is 10.3. The molecule has 1 heterocycles. The smallest absolute Gasteiger partial charge is 0.252 e. The fourth-order valence-corrected chi connectivity index (χ4v) is 2.72. The molecule has 1 amide bonds. The Balaban J connectivity index is 1.94. The van der Waals surface area contributed by atoms with Crippen molar-refractivity contribution < 1.29 is 9.53 Å². The number of benzene rings is 1. The number of methoxy groups -OCH3 is 1. The number of nitrogens with zero attached hydrogens (tertiary/aromatic N) is 2. The van der Waals surface area contributed by atoms with Gasteiger partial charge in [0.1, 0.15) is 11.6 Å². The predicted molar refractivity (Wildman–Crippen MR) is 79.0 cm³/mol. The highest BCUT2D eigenvalue weighted by molar-refractivity contribution is 7.15. The zero-order valence-corrected chi connectivity index (χ0v) is 12.3. The van der Waals surface area contributed by atoms with Crippen molar-refractivity contribution in [3.8, 4) is 0 Å². The van der Waals surface area contributed by atoms with E-state index in [1.54, 1.807) is 0 Å². The van der Waals surface area contributed by atoms with Crippen LogP contribution in [0.15, 0.2) is 30.3 Å². The van der Waals surface area contributed by atoms with Crippen molar-refractivity contribution in [3.63, 3.8) is 0 Å². The second kappa shape index (κ2) is 7.12. The van der Waals surface area contributed by atoms with E-state index in [2.05, 4.69) is 34.6 Å². The summed E-state index contributed by atoms with van der Waals surface area (Å²) in [4.78, 5) is 11.4. The molecule has 1 atom stereocenters. The molecular weight excluding hydrogens is 274 g/mol. The number of carbonyl (C=O) groups is 1. The van der Waals surface area contributed by atoms with Gasteiger partial charge in [-0.15, -0.1) is 10.2 Å². The molecule has 20 heavy (non-hydrogen) atoms. The van der Waals surface area contributed by atoms with E-state index in [9.17, 15) is 4.79 Å². The average molecular weight is 291 g/mol. The first-order valence-corrected chi connectivity index (χ1v) is 7.17. The molecule has 106 valence electrons. The molecule has 2 aromatic rings. The molecule has 0 aliphatic heterocycles. The monoisotopic (exact) mass is 291 g/mol. The summed E-state index contributed by atoms with van der Waals surface area (Å²) in [6.45, 7) is 2.18. The molecule has 6 heteroatoms. The van der Waals surface area contributed by atoms with E-state index in [0.29, 0.717) is 11.0 Å². The van der Waals surface area contributed by atoms with Crippen molar-refractivity contribution in [2.24, 2.45) is 0 Å². The van der Waals surface area contributed by atoms with Crippen LogP contribution in [0, 0.1) is 0 Å². The average Bonchev–Trinajstić information content (AvgIpc) is 2.87. The number of aromatic nitrogens is 2. The Morgan fingerprint density at radius 1 is 1.35 bits per heavy atom. The van der Waals surface area contributed by atoms with Crippen molar-refractivity contribution in [1.29, 1.82) is 0 Å². The van der Waals surface area contributed by atoms with E-state index in [1.807, 2.05) is 18.2 Å². The van der Waals surface area contributed by atoms with E-state index >= 15 is 0 Å². The van der Waals surface area contributed by atoms with E-state index in [1.165, 1.54) is 24.0 Å². The number of hydrogen-bond acceptors (Lipinski definition) is 5. The van der Waals surface area contributed by atoms with Crippen LogP contribution in [0.2, 0.25) is 0 Å². The third-order valence-corrected chi connectivity index (χ3v) is 3.70. The highest BCUT2D eigenvalue weighted by Crippen LogP contribution is 2.23. The van der Waals surface area contributed by atoms with E-state index in [-0.39, 0.29) is 12.5 Å². The number of carbonyl (C=O) groups excluding carboxylic acids is 1. The van der Waals surface area contributed by atoms with E-state index < -0.39 is 0 Å². The lowest BCUT2D eigenvalue weighted by Crippen LogP contribution is -2.16. The summed E-state index contributed by atoms with van der Waals surface area (Å²) in [5.41, 5.74) is 1.27. The maximum absolute atomic E-state index is 11.4. The fraction of sp³-hybridized carbons (Fsp3) is 0.357.